The molecule has 1 saturated heterocycles. The molecule has 152 valence electrons. The molecule has 0 aliphatic carbocycles. The SMILES string of the molecule is COc1cc(S(=O)(=O)N2CCN(c3ccccc3OC)CC2)c(OC)cc1Br. The Kier molecular flexibility index (Phi) is 6.36. The maximum atomic E-state index is 13.2. The van der Waals surface area contributed by atoms with E-state index in [0.29, 0.717) is 36.4 Å². The summed E-state index contributed by atoms with van der Waals surface area (Å²) < 4.78 is 44.6. The highest BCUT2D eigenvalue weighted by Crippen LogP contribution is 2.37. The molecule has 0 N–H and O–H groups in total. The lowest BCUT2D eigenvalue weighted by molar-refractivity contribution is 0.367. The van der Waals surface area contributed by atoms with Gasteiger partial charge < -0.3 is 19.1 Å². The molecule has 2 aromatic rings. The first-order valence-corrected chi connectivity index (χ1v) is 10.9. The molecule has 1 fully saturated rings. The van der Waals surface area contributed by atoms with Crippen LogP contribution in [0.5, 0.6) is 17.2 Å². The molecule has 0 atom stereocenters. The number of hydrogen-bond donors (Lipinski definition) is 0. The van der Waals surface area contributed by atoms with Crippen LogP contribution in [0.2, 0.25) is 0 Å². The van der Waals surface area contributed by atoms with Crippen molar-refractivity contribution in [2.24, 2.45) is 0 Å². The lowest BCUT2D eigenvalue weighted by atomic mass is 10.2. The summed E-state index contributed by atoms with van der Waals surface area (Å²) in [6.45, 7) is 1.86. The Morgan fingerprint density at radius 1 is 0.857 bits per heavy atom. The molecule has 3 rings (SSSR count). The van der Waals surface area contributed by atoms with Crippen LogP contribution in [-0.4, -0.2) is 60.2 Å². The summed E-state index contributed by atoms with van der Waals surface area (Å²) in [6, 6.07) is 10.8. The number of halogens is 1. The van der Waals surface area contributed by atoms with Gasteiger partial charge in [-0.05, 0) is 34.1 Å². The standard InChI is InChI=1S/C19H23BrN2O5S/c1-25-16-7-5-4-6-15(16)21-8-10-22(11-9-21)28(23,24)19-13-17(26-2)14(20)12-18(19)27-3/h4-7,12-13H,8-11H2,1-3H3. The van der Waals surface area contributed by atoms with Crippen LogP contribution < -0.4 is 19.1 Å². The first-order chi connectivity index (χ1) is 13.4. The molecule has 7 nitrogen and oxygen atoms in total. The third kappa shape index (κ3) is 3.92. The van der Waals surface area contributed by atoms with Crippen molar-refractivity contribution >= 4 is 31.6 Å². The minimum absolute atomic E-state index is 0.0980. The van der Waals surface area contributed by atoms with Crippen molar-refractivity contribution in [1.82, 2.24) is 4.31 Å². The lowest BCUT2D eigenvalue weighted by Gasteiger charge is -2.36. The number of piperazine rings is 1. The normalized spacial score (nSPS) is 15.4. The zero-order valence-corrected chi connectivity index (χ0v) is 18.4. The van der Waals surface area contributed by atoms with E-state index in [-0.39, 0.29) is 10.6 Å². The highest BCUT2D eigenvalue weighted by atomic mass is 79.9. The lowest BCUT2D eigenvalue weighted by Crippen LogP contribution is -2.48. The van der Waals surface area contributed by atoms with Crippen LogP contribution in [-0.2, 0) is 10.0 Å². The van der Waals surface area contributed by atoms with Crippen molar-refractivity contribution < 1.29 is 22.6 Å². The minimum Gasteiger partial charge on any atom is -0.496 e. The van der Waals surface area contributed by atoms with Gasteiger partial charge in [-0.2, -0.15) is 4.31 Å². The average molecular weight is 471 g/mol. The van der Waals surface area contributed by atoms with E-state index in [1.807, 2.05) is 24.3 Å². The second kappa shape index (κ2) is 8.59. The Morgan fingerprint density at radius 2 is 1.46 bits per heavy atom. The molecule has 2 aromatic carbocycles. The number of rotatable bonds is 6. The van der Waals surface area contributed by atoms with Gasteiger partial charge in [0.25, 0.3) is 0 Å². The molecular formula is C19H23BrN2O5S. The monoisotopic (exact) mass is 470 g/mol. The van der Waals surface area contributed by atoms with Crippen LogP contribution in [0.15, 0.2) is 45.8 Å². The van der Waals surface area contributed by atoms with Crippen LogP contribution in [0, 0.1) is 0 Å². The fourth-order valence-corrected chi connectivity index (χ4v) is 5.29. The number of benzene rings is 2. The molecule has 1 heterocycles. The number of nitrogens with zero attached hydrogens (tertiary/aromatic N) is 2. The van der Waals surface area contributed by atoms with E-state index in [4.69, 9.17) is 14.2 Å². The van der Waals surface area contributed by atoms with Crippen LogP contribution in [0.25, 0.3) is 0 Å². The Labute approximate surface area is 174 Å². The molecule has 1 aliphatic heterocycles. The van der Waals surface area contributed by atoms with Gasteiger partial charge in [-0.15, -0.1) is 0 Å². The van der Waals surface area contributed by atoms with Crippen molar-refractivity contribution in [3.8, 4) is 17.2 Å². The van der Waals surface area contributed by atoms with Crippen molar-refractivity contribution in [2.45, 2.75) is 4.90 Å². The van der Waals surface area contributed by atoms with E-state index in [2.05, 4.69) is 20.8 Å². The molecule has 28 heavy (non-hydrogen) atoms. The third-order valence-corrected chi connectivity index (χ3v) is 7.26. The van der Waals surface area contributed by atoms with Crippen LogP contribution in [0.3, 0.4) is 0 Å². The predicted octanol–water partition coefficient (Wildman–Crippen LogP) is 2.99. The first-order valence-electron chi connectivity index (χ1n) is 8.72. The molecular weight excluding hydrogens is 448 g/mol. The van der Waals surface area contributed by atoms with Gasteiger partial charge in [-0.3, -0.25) is 0 Å². The summed E-state index contributed by atoms with van der Waals surface area (Å²) in [4.78, 5) is 2.23. The van der Waals surface area contributed by atoms with Gasteiger partial charge >= 0.3 is 0 Å². The molecule has 1 aliphatic rings. The molecule has 0 aromatic heterocycles. The van der Waals surface area contributed by atoms with Gasteiger partial charge in [-0.1, -0.05) is 12.1 Å². The number of anilines is 1. The molecule has 0 amide bonds. The summed E-state index contributed by atoms with van der Waals surface area (Å²) >= 11 is 3.36. The predicted molar refractivity (Wildman–Crippen MR) is 111 cm³/mol. The first kappa shape index (κ1) is 20.8. The van der Waals surface area contributed by atoms with Gasteiger partial charge in [0.2, 0.25) is 10.0 Å². The zero-order valence-electron chi connectivity index (χ0n) is 16.0. The number of para-hydroxylation sites is 2. The van der Waals surface area contributed by atoms with Gasteiger partial charge in [0.1, 0.15) is 22.1 Å². The van der Waals surface area contributed by atoms with Crippen molar-refractivity contribution in [1.29, 1.82) is 0 Å². The van der Waals surface area contributed by atoms with Crippen LogP contribution in [0.1, 0.15) is 0 Å². The summed E-state index contributed by atoms with van der Waals surface area (Å²) in [5.74, 6) is 1.49. The highest BCUT2D eigenvalue weighted by Gasteiger charge is 2.32. The Bertz CT molecular complexity index is 943. The minimum atomic E-state index is -3.73. The largest absolute Gasteiger partial charge is 0.496 e. The van der Waals surface area contributed by atoms with E-state index >= 15 is 0 Å². The Balaban J connectivity index is 1.84. The van der Waals surface area contributed by atoms with Crippen LogP contribution >= 0.6 is 15.9 Å². The number of methoxy groups -OCH3 is 3. The number of hydrogen-bond acceptors (Lipinski definition) is 6. The zero-order chi connectivity index (χ0) is 20.3. The maximum absolute atomic E-state index is 13.2. The van der Waals surface area contributed by atoms with Gasteiger partial charge in [0.05, 0.1) is 31.5 Å². The summed E-state index contributed by atoms with van der Waals surface area (Å²) in [7, 11) is 0.852. The third-order valence-electron chi connectivity index (χ3n) is 4.72. The number of ether oxygens (including phenoxy) is 3. The van der Waals surface area contributed by atoms with Crippen LogP contribution in [0.4, 0.5) is 5.69 Å². The maximum Gasteiger partial charge on any atom is 0.247 e. The quantitative estimate of drug-likeness (QED) is 0.646. The highest BCUT2D eigenvalue weighted by molar-refractivity contribution is 9.10. The topological polar surface area (TPSA) is 68.3 Å². The molecule has 9 heteroatoms. The van der Waals surface area contributed by atoms with E-state index in [0.717, 1.165) is 11.4 Å². The molecule has 0 unspecified atom stereocenters. The molecule has 0 radical (unpaired) electrons. The summed E-state index contributed by atoms with van der Waals surface area (Å²) in [5.41, 5.74) is 0.963. The van der Waals surface area contributed by atoms with Gasteiger partial charge in [0.15, 0.2) is 0 Å². The van der Waals surface area contributed by atoms with E-state index in [9.17, 15) is 8.42 Å². The molecule has 0 bridgehead atoms. The van der Waals surface area contributed by atoms with Crippen molar-refractivity contribution in [3.05, 3.63) is 40.9 Å². The second-order valence-electron chi connectivity index (χ2n) is 6.20. The van der Waals surface area contributed by atoms with E-state index in [1.165, 1.54) is 24.6 Å². The summed E-state index contributed by atoms with van der Waals surface area (Å²) in [6.07, 6.45) is 0. The van der Waals surface area contributed by atoms with Gasteiger partial charge in [0, 0.05) is 32.2 Å². The van der Waals surface area contributed by atoms with Crippen molar-refractivity contribution in [2.75, 3.05) is 52.4 Å². The second-order valence-corrected chi connectivity index (χ2v) is 8.96. The fourth-order valence-electron chi connectivity index (χ4n) is 3.23. The fraction of sp³-hybridized carbons (Fsp3) is 0.368. The van der Waals surface area contributed by atoms with E-state index < -0.39 is 10.0 Å². The Morgan fingerprint density at radius 3 is 2.07 bits per heavy atom. The van der Waals surface area contributed by atoms with Crippen molar-refractivity contribution in [3.63, 3.8) is 0 Å². The molecule has 0 saturated carbocycles. The average Bonchev–Trinajstić information content (AvgIpc) is 2.73. The smallest absolute Gasteiger partial charge is 0.247 e. The Hall–Kier alpha value is -1.97. The van der Waals surface area contributed by atoms with E-state index in [1.54, 1.807) is 13.2 Å². The van der Waals surface area contributed by atoms with Gasteiger partial charge in [-0.25, -0.2) is 8.42 Å². The molecule has 0 spiro atoms. The summed E-state index contributed by atoms with van der Waals surface area (Å²) in [5, 5.41) is 0. The number of sulfonamides is 1.